The number of carbonyl (C=O) groups is 2. The Balaban J connectivity index is 1.75. The number of sulfone groups is 1. The fourth-order valence-electron chi connectivity index (χ4n) is 2.77. The smallest absolute Gasteiger partial charge is 0.225 e. The molecule has 0 bridgehead atoms. The van der Waals surface area contributed by atoms with Crippen LogP contribution >= 0.6 is 23.4 Å². The van der Waals surface area contributed by atoms with Gasteiger partial charge in [0.2, 0.25) is 11.8 Å². The van der Waals surface area contributed by atoms with Crippen LogP contribution < -0.4 is 10.6 Å². The van der Waals surface area contributed by atoms with E-state index in [9.17, 15) is 22.4 Å². The van der Waals surface area contributed by atoms with E-state index in [0.717, 1.165) is 17.0 Å². The number of carbonyl (C=O) groups excluding carboxylic acids is 2. The summed E-state index contributed by atoms with van der Waals surface area (Å²) in [6.45, 7) is 1.43. The van der Waals surface area contributed by atoms with E-state index in [1.54, 1.807) is 6.07 Å². The summed E-state index contributed by atoms with van der Waals surface area (Å²) in [7, 11) is -3.82. The van der Waals surface area contributed by atoms with Crippen molar-refractivity contribution in [3.63, 3.8) is 0 Å². The number of hydrogen-bond acceptors (Lipinski definition) is 5. The molecular formula is C19H18ClFN2O4S2. The molecule has 1 atom stereocenters. The number of amides is 2. The van der Waals surface area contributed by atoms with E-state index in [2.05, 4.69) is 10.6 Å². The molecule has 0 saturated carbocycles. The Morgan fingerprint density at radius 2 is 2.07 bits per heavy atom. The summed E-state index contributed by atoms with van der Waals surface area (Å²) in [6, 6.07) is 8.06. The van der Waals surface area contributed by atoms with E-state index in [4.69, 9.17) is 11.6 Å². The van der Waals surface area contributed by atoms with Gasteiger partial charge in [0, 0.05) is 23.5 Å². The molecule has 154 valence electrons. The van der Waals surface area contributed by atoms with Crippen LogP contribution in [-0.4, -0.2) is 31.2 Å². The van der Waals surface area contributed by atoms with Gasteiger partial charge in [-0.05, 0) is 43.3 Å². The van der Waals surface area contributed by atoms with Gasteiger partial charge in [-0.2, -0.15) is 0 Å². The Morgan fingerprint density at radius 3 is 2.79 bits per heavy atom. The molecule has 2 N–H and O–H groups in total. The first kappa shape index (κ1) is 21.6. The van der Waals surface area contributed by atoms with Crippen LogP contribution in [0.2, 0.25) is 5.02 Å². The maximum absolute atomic E-state index is 13.1. The Bertz CT molecular complexity index is 1080. The van der Waals surface area contributed by atoms with Crippen molar-refractivity contribution >= 4 is 56.4 Å². The van der Waals surface area contributed by atoms with E-state index in [1.165, 1.54) is 36.9 Å². The lowest BCUT2D eigenvalue weighted by molar-refractivity contribution is -0.116. The van der Waals surface area contributed by atoms with Crippen molar-refractivity contribution in [1.82, 2.24) is 0 Å². The van der Waals surface area contributed by atoms with Crippen molar-refractivity contribution in [1.29, 1.82) is 0 Å². The highest BCUT2D eigenvalue weighted by atomic mass is 35.5. The largest absolute Gasteiger partial charge is 0.325 e. The zero-order chi connectivity index (χ0) is 21.2. The first-order valence-corrected chi connectivity index (χ1v) is 11.6. The van der Waals surface area contributed by atoms with Gasteiger partial charge in [-0.1, -0.05) is 11.6 Å². The van der Waals surface area contributed by atoms with Crippen molar-refractivity contribution in [2.75, 3.05) is 16.4 Å². The average Bonchev–Trinajstić information content (AvgIpc) is 2.83. The molecule has 2 amide bonds. The Kier molecular flexibility index (Phi) is 6.50. The number of rotatable bonds is 5. The minimum absolute atomic E-state index is 0.0212. The molecule has 0 aliphatic carbocycles. The number of thioether (sulfide) groups is 1. The highest BCUT2D eigenvalue weighted by Crippen LogP contribution is 2.33. The van der Waals surface area contributed by atoms with Crippen LogP contribution in [0, 0.1) is 5.82 Å². The monoisotopic (exact) mass is 456 g/mol. The molecule has 1 heterocycles. The van der Waals surface area contributed by atoms with Gasteiger partial charge >= 0.3 is 0 Å². The maximum atomic E-state index is 13.1. The van der Waals surface area contributed by atoms with Crippen molar-refractivity contribution < 1.29 is 22.4 Å². The molecule has 2 aromatic carbocycles. The molecule has 1 aliphatic heterocycles. The number of hydrogen-bond donors (Lipinski definition) is 2. The molecule has 0 spiro atoms. The maximum Gasteiger partial charge on any atom is 0.225 e. The number of halogens is 2. The molecule has 0 saturated heterocycles. The summed E-state index contributed by atoms with van der Waals surface area (Å²) in [4.78, 5) is 24.8. The number of nitrogens with one attached hydrogen (secondary N) is 2. The van der Waals surface area contributed by atoms with E-state index in [1.807, 2.05) is 0 Å². The minimum Gasteiger partial charge on any atom is -0.325 e. The highest BCUT2D eigenvalue weighted by molar-refractivity contribution is 7.99. The van der Waals surface area contributed by atoms with Gasteiger partial charge in [0.25, 0.3) is 0 Å². The Labute approximate surface area is 177 Å². The molecular weight excluding hydrogens is 439 g/mol. The second-order valence-electron chi connectivity index (χ2n) is 6.54. The molecule has 29 heavy (non-hydrogen) atoms. The van der Waals surface area contributed by atoms with Crippen molar-refractivity contribution in [2.45, 2.75) is 34.8 Å². The van der Waals surface area contributed by atoms with Gasteiger partial charge in [-0.15, -0.1) is 11.8 Å². The van der Waals surface area contributed by atoms with Gasteiger partial charge in [0.05, 0.1) is 26.5 Å². The Hall–Kier alpha value is -2.10. The summed E-state index contributed by atoms with van der Waals surface area (Å²) in [5.74, 6) is -0.659. The first-order valence-electron chi connectivity index (χ1n) is 8.72. The van der Waals surface area contributed by atoms with Crippen LogP contribution in [0.1, 0.15) is 19.8 Å². The quantitative estimate of drug-likeness (QED) is 0.706. The van der Waals surface area contributed by atoms with Crippen molar-refractivity contribution in [2.24, 2.45) is 0 Å². The van der Waals surface area contributed by atoms with Crippen LogP contribution in [0.25, 0.3) is 0 Å². The molecule has 3 rings (SSSR count). The van der Waals surface area contributed by atoms with Gasteiger partial charge < -0.3 is 10.6 Å². The SMILES string of the molecule is C[C@H](CC(=O)Nc1ccc(F)cc1Cl)S(=O)(=O)c1ccc2c(c1)NC(=O)CCS2. The van der Waals surface area contributed by atoms with Crippen LogP contribution in [-0.2, 0) is 19.4 Å². The number of anilines is 2. The fourth-order valence-corrected chi connectivity index (χ4v) is 5.30. The lowest BCUT2D eigenvalue weighted by atomic mass is 10.2. The topological polar surface area (TPSA) is 92.3 Å². The predicted molar refractivity (Wildman–Crippen MR) is 112 cm³/mol. The molecule has 1 aliphatic rings. The van der Waals surface area contributed by atoms with Crippen molar-refractivity contribution in [3.8, 4) is 0 Å². The van der Waals surface area contributed by atoms with E-state index in [0.29, 0.717) is 17.9 Å². The molecule has 2 aromatic rings. The van der Waals surface area contributed by atoms with E-state index in [-0.39, 0.29) is 27.9 Å². The molecule has 10 heteroatoms. The molecule has 0 aromatic heterocycles. The minimum atomic E-state index is -3.82. The molecule has 0 radical (unpaired) electrons. The summed E-state index contributed by atoms with van der Waals surface area (Å²) in [5.41, 5.74) is 0.653. The van der Waals surface area contributed by atoms with Crippen LogP contribution in [0.5, 0.6) is 0 Å². The van der Waals surface area contributed by atoms with Crippen LogP contribution in [0.4, 0.5) is 15.8 Å². The standard InChI is InChI=1S/C19H18ClFN2O4S2/c1-11(8-19(25)22-15-4-2-12(21)9-14(15)20)29(26,27)13-3-5-17-16(10-13)23-18(24)6-7-28-17/h2-5,9-11H,6-8H2,1H3,(H,22,25)(H,23,24)/t11-/m1/s1. The summed E-state index contributed by atoms with van der Waals surface area (Å²) in [6.07, 6.45) is 0.0399. The van der Waals surface area contributed by atoms with Crippen LogP contribution in [0.15, 0.2) is 46.2 Å². The zero-order valence-electron chi connectivity index (χ0n) is 15.4. The third-order valence-electron chi connectivity index (χ3n) is 4.35. The second-order valence-corrected chi connectivity index (χ2v) is 10.4. The lowest BCUT2D eigenvalue weighted by Gasteiger charge is -2.15. The van der Waals surface area contributed by atoms with Gasteiger partial charge in [-0.3, -0.25) is 9.59 Å². The summed E-state index contributed by atoms with van der Waals surface area (Å²) in [5, 5.41) is 4.20. The third-order valence-corrected chi connectivity index (χ3v) is 7.87. The molecule has 0 fully saturated rings. The van der Waals surface area contributed by atoms with Crippen LogP contribution in [0.3, 0.4) is 0 Å². The molecule has 0 unspecified atom stereocenters. The van der Waals surface area contributed by atoms with E-state index < -0.39 is 26.8 Å². The first-order chi connectivity index (χ1) is 13.7. The summed E-state index contributed by atoms with van der Waals surface area (Å²) < 4.78 is 38.9. The fraction of sp³-hybridized carbons (Fsp3) is 0.263. The van der Waals surface area contributed by atoms with Gasteiger partial charge in [0.15, 0.2) is 9.84 Å². The van der Waals surface area contributed by atoms with Crippen molar-refractivity contribution in [3.05, 3.63) is 47.2 Å². The average molecular weight is 457 g/mol. The normalized spacial score (nSPS) is 15.1. The predicted octanol–water partition coefficient (Wildman–Crippen LogP) is 4.10. The number of fused-ring (bicyclic) bond motifs is 1. The Morgan fingerprint density at radius 1 is 1.31 bits per heavy atom. The van der Waals surface area contributed by atoms with Gasteiger partial charge in [0.1, 0.15) is 5.82 Å². The molecule has 6 nitrogen and oxygen atoms in total. The summed E-state index contributed by atoms with van der Waals surface area (Å²) >= 11 is 7.35. The number of benzene rings is 2. The lowest BCUT2D eigenvalue weighted by Crippen LogP contribution is -2.25. The van der Waals surface area contributed by atoms with Gasteiger partial charge in [-0.25, -0.2) is 12.8 Å². The third kappa shape index (κ3) is 5.09. The highest BCUT2D eigenvalue weighted by Gasteiger charge is 2.27. The second kappa shape index (κ2) is 8.73. The zero-order valence-corrected chi connectivity index (χ0v) is 17.8. The van der Waals surface area contributed by atoms with E-state index >= 15 is 0 Å².